The number of rotatable bonds is 7. The number of nitrogens with one attached hydrogen (secondary N) is 1. The summed E-state index contributed by atoms with van der Waals surface area (Å²) >= 11 is 0. The maximum absolute atomic E-state index is 13.6. The molecule has 0 atom stereocenters. The highest BCUT2D eigenvalue weighted by Crippen LogP contribution is 2.19. The number of hydrogen-bond acceptors (Lipinski definition) is 4. The minimum atomic E-state index is -4.04. The molecule has 0 aliphatic heterocycles. The molecular formula is C17H18FNO4S. The standard InChI is InChI=1S/C17H18FNO4S/c1-2-3-12-23-17(20)13-8-10-14(11-9-13)19-24(21,22)16-7-5-4-6-15(16)18/h4-11,19H,2-3,12H2,1H3. The van der Waals surface area contributed by atoms with Gasteiger partial charge in [0.1, 0.15) is 10.7 Å². The lowest BCUT2D eigenvalue weighted by Gasteiger charge is -2.09. The Bertz CT molecular complexity index is 804. The van der Waals surface area contributed by atoms with Crippen LogP contribution in [0.2, 0.25) is 0 Å². The monoisotopic (exact) mass is 351 g/mol. The van der Waals surface area contributed by atoms with E-state index in [-0.39, 0.29) is 5.69 Å². The Kier molecular flexibility index (Phi) is 5.92. The zero-order chi connectivity index (χ0) is 17.6. The van der Waals surface area contributed by atoms with E-state index >= 15 is 0 Å². The predicted octanol–water partition coefficient (Wildman–Crippen LogP) is 3.58. The largest absolute Gasteiger partial charge is 0.462 e. The van der Waals surface area contributed by atoms with Gasteiger partial charge in [-0.2, -0.15) is 0 Å². The lowest BCUT2D eigenvalue weighted by atomic mass is 10.2. The Hall–Kier alpha value is -2.41. The van der Waals surface area contributed by atoms with Crippen LogP contribution in [0.4, 0.5) is 10.1 Å². The zero-order valence-electron chi connectivity index (χ0n) is 13.2. The lowest BCUT2D eigenvalue weighted by molar-refractivity contribution is 0.0500. The predicted molar refractivity (Wildman–Crippen MR) is 88.8 cm³/mol. The van der Waals surface area contributed by atoms with Crippen LogP contribution < -0.4 is 4.72 Å². The zero-order valence-corrected chi connectivity index (χ0v) is 14.0. The summed E-state index contributed by atoms with van der Waals surface area (Å²) in [5, 5.41) is 0. The average molecular weight is 351 g/mol. The molecule has 2 aromatic rings. The van der Waals surface area contributed by atoms with Crippen molar-refractivity contribution in [3.05, 3.63) is 59.9 Å². The minimum Gasteiger partial charge on any atom is -0.462 e. The maximum atomic E-state index is 13.6. The van der Waals surface area contributed by atoms with Crippen LogP contribution in [-0.4, -0.2) is 21.0 Å². The number of anilines is 1. The van der Waals surface area contributed by atoms with Gasteiger partial charge in [-0.05, 0) is 42.8 Å². The molecule has 0 amide bonds. The number of sulfonamides is 1. The second-order valence-electron chi connectivity index (χ2n) is 5.10. The van der Waals surface area contributed by atoms with E-state index in [4.69, 9.17) is 4.74 Å². The van der Waals surface area contributed by atoms with Crippen LogP contribution >= 0.6 is 0 Å². The van der Waals surface area contributed by atoms with E-state index in [1.54, 1.807) is 0 Å². The topological polar surface area (TPSA) is 72.5 Å². The summed E-state index contributed by atoms with van der Waals surface area (Å²) in [6.45, 7) is 2.33. The van der Waals surface area contributed by atoms with Crippen LogP contribution in [0.15, 0.2) is 53.4 Å². The first-order chi connectivity index (χ1) is 11.4. The van der Waals surface area contributed by atoms with Gasteiger partial charge in [0.15, 0.2) is 0 Å². The van der Waals surface area contributed by atoms with Gasteiger partial charge >= 0.3 is 5.97 Å². The Labute approximate surface area is 140 Å². The van der Waals surface area contributed by atoms with E-state index in [9.17, 15) is 17.6 Å². The Morgan fingerprint density at radius 3 is 2.42 bits per heavy atom. The molecule has 0 saturated carbocycles. The Morgan fingerprint density at radius 1 is 1.12 bits per heavy atom. The van der Waals surface area contributed by atoms with Crippen molar-refractivity contribution in [2.24, 2.45) is 0 Å². The summed E-state index contributed by atoms with van der Waals surface area (Å²) in [5.41, 5.74) is 0.545. The third-order valence-corrected chi connectivity index (χ3v) is 4.64. The molecule has 0 spiro atoms. The second kappa shape index (κ2) is 7.92. The molecule has 0 radical (unpaired) electrons. The number of benzene rings is 2. The third-order valence-electron chi connectivity index (χ3n) is 3.23. The fourth-order valence-electron chi connectivity index (χ4n) is 1.94. The van der Waals surface area contributed by atoms with Gasteiger partial charge in [0, 0.05) is 5.69 Å². The average Bonchev–Trinajstić information content (AvgIpc) is 2.55. The normalized spacial score (nSPS) is 11.1. The van der Waals surface area contributed by atoms with Gasteiger partial charge < -0.3 is 4.74 Å². The number of esters is 1. The molecular weight excluding hydrogens is 333 g/mol. The number of halogens is 1. The van der Waals surface area contributed by atoms with Crippen molar-refractivity contribution in [3.8, 4) is 0 Å². The molecule has 0 heterocycles. The van der Waals surface area contributed by atoms with Crippen molar-refractivity contribution in [1.82, 2.24) is 0 Å². The van der Waals surface area contributed by atoms with Gasteiger partial charge in [-0.1, -0.05) is 25.5 Å². The van der Waals surface area contributed by atoms with E-state index in [0.717, 1.165) is 18.9 Å². The molecule has 0 unspecified atom stereocenters. The molecule has 0 aromatic heterocycles. The fraction of sp³-hybridized carbons (Fsp3) is 0.235. The molecule has 0 bridgehead atoms. The van der Waals surface area contributed by atoms with Gasteiger partial charge in [0.05, 0.1) is 12.2 Å². The first-order valence-electron chi connectivity index (χ1n) is 7.48. The van der Waals surface area contributed by atoms with Crippen molar-refractivity contribution in [3.63, 3.8) is 0 Å². The number of carbonyl (C=O) groups is 1. The quantitative estimate of drug-likeness (QED) is 0.611. The van der Waals surface area contributed by atoms with Gasteiger partial charge in [-0.15, -0.1) is 0 Å². The maximum Gasteiger partial charge on any atom is 0.338 e. The minimum absolute atomic E-state index is 0.225. The van der Waals surface area contributed by atoms with E-state index in [0.29, 0.717) is 12.2 Å². The van der Waals surface area contributed by atoms with Gasteiger partial charge in [-0.3, -0.25) is 4.72 Å². The van der Waals surface area contributed by atoms with Crippen molar-refractivity contribution >= 4 is 21.7 Å². The van der Waals surface area contributed by atoms with Crippen LogP contribution in [-0.2, 0) is 14.8 Å². The highest BCUT2D eigenvalue weighted by molar-refractivity contribution is 7.92. The SMILES string of the molecule is CCCCOC(=O)c1ccc(NS(=O)(=O)c2ccccc2F)cc1. The summed E-state index contributed by atoms with van der Waals surface area (Å²) in [6, 6.07) is 10.9. The first-order valence-corrected chi connectivity index (χ1v) is 8.97. The molecule has 5 nitrogen and oxygen atoms in total. The molecule has 2 aromatic carbocycles. The first kappa shape index (κ1) is 17.9. The molecule has 0 aliphatic rings. The summed E-state index contributed by atoms with van der Waals surface area (Å²) in [4.78, 5) is 11.3. The van der Waals surface area contributed by atoms with Crippen molar-refractivity contribution in [2.75, 3.05) is 11.3 Å². The molecule has 0 fully saturated rings. The summed E-state index contributed by atoms with van der Waals surface area (Å²) in [5.74, 6) is -1.30. The Balaban J connectivity index is 2.09. The third kappa shape index (κ3) is 4.55. The van der Waals surface area contributed by atoms with Gasteiger partial charge in [0.2, 0.25) is 0 Å². The van der Waals surface area contributed by atoms with Crippen LogP contribution in [0.25, 0.3) is 0 Å². The van der Waals surface area contributed by atoms with Crippen LogP contribution in [0.3, 0.4) is 0 Å². The molecule has 0 saturated heterocycles. The summed E-state index contributed by atoms with van der Waals surface area (Å²) < 4.78 is 45.3. The van der Waals surface area contributed by atoms with E-state index in [1.165, 1.54) is 42.5 Å². The van der Waals surface area contributed by atoms with E-state index in [1.807, 2.05) is 6.92 Å². The second-order valence-corrected chi connectivity index (χ2v) is 6.75. The Morgan fingerprint density at radius 2 is 1.79 bits per heavy atom. The fourth-order valence-corrected chi connectivity index (χ4v) is 3.08. The molecule has 24 heavy (non-hydrogen) atoms. The van der Waals surface area contributed by atoms with Crippen molar-refractivity contribution in [2.45, 2.75) is 24.7 Å². The van der Waals surface area contributed by atoms with Crippen molar-refractivity contribution < 1.29 is 22.3 Å². The highest BCUT2D eigenvalue weighted by Gasteiger charge is 2.18. The van der Waals surface area contributed by atoms with Crippen LogP contribution in [0.5, 0.6) is 0 Å². The number of carbonyl (C=O) groups excluding carboxylic acids is 1. The van der Waals surface area contributed by atoms with Gasteiger partial charge in [-0.25, -0.2) is 17.6 Å². The smallest absolute Gasteiger partial charge is 0.338 e. The molecule has 0 aliphatic carbocycles. The highest BCUT2D eigenvalue weighted by atomic mass is 32.2. The number of hydrogen-bond donors (Lipinski definition) is 1. The lowest BCUT2D eigenvalue weighted by Crippen LogP contribution is -2.14. The summed E-state index contributed by atoms with van der Waals surface area (Å²) in [7, 11) is -4.04. The van der Waals surface area contributed by atoms with E-state index < -0.39 is 26.7 Å². The van der Waals surface area contributed by atoms with Crippen LogP contribution in [0.1, 0.15) is 30.1 Å². The molecule has 128 valence electrons. The summed E-state index contributed by atoms with van der Waals surface area (Å²) in [6.07, 6.45) is 1.70. The number of unbranched alkanes of at least 4 members (excludes halogenated alkanes) is 1. The number of ether oxygens (including phenoxy) is 1. The van der Waals surface area contributed by atoms with Crippen molar-refractivity contribution in [1.29, 1.82) is 0 Å². The molecule has 7 heteroatoms. The molecule has 1 N–H and O–H groups in total. The van der Waals surface area contributed by atoms with E-state index in [2.05, 4.69) is 4.72 Å². The molecule has 2 rings (SSSR count). The van der Waals surface area contributed by atoms with Crippen LogP contribution in [0, 0.1) is 5.82 Å². The van der Waals surface area contributed by atoms with Gasteiger partial charge in [0.25, 0.3) is 10.0 Å².